The molecule has 1 heterocycles. The van der Waals surface area contributed by atoms with E-state index in [1.165, 1.54) is 19.3 Å². The van der Waals surface area contributed by atoms with Gasteiger partial charge in [0, 0.05) is 0 Å². The molecule has 1 saturated heterocycles. The first-order valence-electron chi connectivity index (χ1n) is 9.18. The van der Waals surface area contributed by atoms with Crippen LogP contribution in [0.5, 0.6) is 5.75 Å². The highest BCUT2D eigenvalue weighted by Gasteiger charge is 2.17. The van der Waals surface area contributed by atoms with Gasteiger partial charge in [0.2, 0.25) is 0 Å². The molecule has 4 heteroatoms. The molecule has 1 unspecified atom stereocenters. The van der Waals surface area contributed by atoms with Gasteiger partial charge in [0.15, 0.2) is 0 Å². The minimum Gasteiger partial charge on any atom is -0.546 e. The van der Waals surface area contributed by atoms with Gasteiger partial charge in [0.25, 0.3) is 0 Å². The molecule has 0 spiro atoms. The second-order valence-corrected chi connectivity index (χ2v) is 7.17. The van der Waals surface area contributed by atoms with Gasteiger partial charge >= 0.3 is 0 Å². The fraction of sp³-hybridized carbons (Fsp3) is 0.650. The van der Waals surface area contributed by atoms with Gasteiger partial charge in [-0.25, -0.2) is 0 Å². The number of carboxylic acid groups (broad SMARTS) is 1. The molecule has 1 aliphatic rings. The Hall–Kier alpha value is -1.55. The summed E-state index contributed by atoms with van der Waals surface area (Å²) in [6.07, 6.45) is 4.25. The zero-order valence-electron chi connectivity index (χ0n) is 15.2. The van der Waals surface area contributed by atoms with E-state index in [9.17, 15) is 9.90 Å². The van der Waals surface area contributed by atoms with Crippen LogP contribution in [-0.2, 0) is 4.79 Å². The van der Waals surface area contributed by atoms with Crippen molar-refractivity contribution in [2.24, 2.45) is 0 Å². The van der Waals surface area contributed by atoms with Crippen LogP contribution < -0.4 is 9.84 Å². The third-order valence-corrected chi connectivity index (χ3v) is 4.71. The molecular weight excluding hydrogens is 302 g/mol. The van der Waals surface area contributed by atoms with Gasteiger partial charge in [-0.15, -0.1) is 0 Å². The summed E-state index contributed by atoms with van der Waals surface area (Å²) >= 11 is 0. The number of hydrogen-bond acceptors (Lipinski definition) is 4. The van der Waals surface area contributed by atoms with Crippen LogP contribution in [0.15, 0.2) is 18.2 Å². The summed E-state index contributed by atoms with van der Waals surface area (Å²) < 4.78 is 5.86. The Bertz CT molecular complexity index is 536. The van der Waals surface area contributed by atoms with E-state index in [1.807, 2.05) is 25.1 Å². The number of carboxylic acids is 1. The second kappa shape index (κ2) is 9.07. The van der Waals surface area contributed by atoms with Crippen molar-refractivity contribution >= 4 is 5.97 Å². The Balaban J connectivity index is 1.95. The average molecular weight is 332 g/mol. The van der Waals surface area contributed by atoms with Crippen LogP contribution in [0, 0.1) is 6.92 Å². The zero-order chi connectivity index (χ0) is 17.5. The fourth-order valence-corrected chi connectivity index (χ4v) is 3.28. The van der Waals surface area contributed by atoms with Crippen molar-refractivity contribution in [1.82, 2.24) is 4.90 Å². The number of rotatable bonds is 8. The third-order valence-electron chi connectivity index (χ3n) is 4.71. The number of ether oxygens (including phenoxy) is 1. The van der Waals surface area contributed by atoms with E-state index in [2.05, 4.69) is 18.7 Å². The molecule has 1 aliphatic heterocycles. The van der Waals surface area contributed by atoms with Crippen molar-refractivity contribution in [3.05, 3.63) is 29.3 Å². The molecule has 1 fully saturated rings. The van der Waals surface area contributed by atoms with Crippen molar-refractivity contribution in [1.29, 1.82) is 0 Å². The molecule has 1 aromatic carbocycles. The molecule has 0 amide bonds. The summed E-state index contributed by atoms with van der Waals surface area (Å²) in [6, 6.07) is 5.98. The maximum absolute atomic E-state index is 11.5. The lowest BCUT2D eigenvalue weighted by atomic mass is 10.0. The number of piperidine rings is 1. The number of nitrogens with zero attached hydrogens (tertiary/aromatic N) is 1. The van der Waals surface area contributed by atoms with Crippen molar-refractivity contribution in [2.75, 3.05) is 19.6 Å². The molecule has 1 atom stereocenters. The summed E-state index contributed by atoms with van der Waals surface area (Å²) in [6.45, 7) is 9.36. The van der Waals surface area contributed by atoms with Gasteiger partial charge < -0.3 is 19.5 Å². The fourth-order valence-electron chi connectivity index (χ4n) is 3.28. The SMILES string of the molecule is Cc1ccc(C(C)C)c(OC(CCCN2CCCCC2)C(=O)[O-])c1. The molecule has 0 aliphatic carbocycles. The van der Waals surface area contributed by atoms with Crippen LogP contribution in [0.4, 0.5) is 0 Å². The Morgan fingerprint density at radius 3 is 2.58 bits per heavy atom. The highest BCUT2D eigenvalue weighted by Crippen LogP contribution is 2.29. The molecule has 0 radical (unpaired) electrons. The Labute approximate surface area is 145 Å². The van der Waals surface area contributed by atoms with E-state index in [1.54, 1.807) is 0 Å². The Morgan fingerprint density at radius 2 is 1.96 bits per heavy atom. The largest absolute Gasteiger partial charge is 0.546 e. The summed E-state index contributed by atoms with van der Waals surface area (Å²) in [5, 5.41) is 11.5. The molecule has 0 N–H and O–H groups in total. The predicted octanol–water partition coefficient (Wildman–Crippen LogP) is 2.88. The van der Waals surface area contributed by atoms with Crippen molar-refractivity contribution in [3.63, 3.8) is 0 Å². The topological polar surface area (TPSA) is 52.6 Å². The second-order valence-electron chi connectivity index (χ2n) is 7.17. The van der Waals surface area contributed by atoms with Crippen LogP contribution in [-0.4, -0.2) is 36.6 Å². The minimum absolute atomic E-state index is 0.288. The first kappa shape index (κ1) is 18.8. The number of likely N-dealkylation sites (tertiary alicyclic amines) is 1. The highest BCUT2D eigenvalue weighted by molar-refractivity contribution is 5.70. The van der Waals surface area contributed by atoms with Crippen LogP contribution in [0.1, 0.15) is 63.0 Å². The molecule has 2 rings (SSSR count). The van der Waals surface area contributed by atoms with Crippen LogP contribution in [0.3, 0.4) is 0 Å². The van der Waals surface area contributed by atoms with Gasteiger partial charge in [0.1, 0.15) is 11.9 Å². The number of aryl methyl sites for hydroxylation is 1. The monoisotopic (exact) mass is 332 g/mol. The first-order valence-corrected chi connectivity index (χ1v) is 9.18. The Morgan fingerprint density at radius 1 is 1.25 bits per heavy atom. The van der Waals surface area contributed by atoms with Gasteiger partial charge in [-0.2, -0.15) is 0 Å². The molecule has 0 aromatic heterocycles. The molecule has 4 nitrogen and oxygen atoms in total. The van der Waals surface area contributed by atoms with Gasteiger partial charge in [-0.05, 0) is 75.4 Å². The van der Waals surface area contributed by atoms with Gasteiger partial charge in [0.05, 0.1) is 5.97 Å². The lowest BCUT2D eigenvalue weighted by Crippen LogP contribution is -2.40. The molecule has 0 bridgehead atoms. The summed E-state index contributed by atoms with van der Waals surface area (Å²) in [5.74, 6) is -0.154. The summed E-state index contributed by atoms with van der Waals surface area (Å²) in [5.41, 5.74) is 2.11. The van der Waals surface area contributed by atoms with Crippen LogP contribution >= 0.6 is 0 Å². The Kier molecular flexibility index (Phi) is 7.10. The van der Waals surface area contributed by atoms with Gasteiger partial charge in [-0.3, -0.25) is 0 Å². The van der Waals surface area contributed by atoms with Gasteiger partial charge in [-0.1, -0.05) is 32.4 Å². The number of carbonyl (C=O) groups excluding carboxylic acids is 1. The summed E-state index contributed by atoms with van der Waals surface area (Å²) in [4.78, 5) is 13.9. The molecule has 0 saturated carbocycles. The predicted molar refractivity (Wildman–Crippen MR) is 94.2 cm³/mol. The molecular formula is C20H30NO3-. The van der Waals surface area contributed by atoms with Crippen LogP contribution in [0.2, 0.25) is 0 Å². The average Bonchev–Trinajstić information content (AvgIpc) is 2.54. The molecule has 24 heavy (non-hydrogen) atoms. The lowest BCUT2D eigenvalue weighted by molar-refractivity contribution is -0.313. The maximum Gasteiger partial charge on any atom is 0.138 e. The van der Waals surface area contributed by atoms with E-state index >= 15 is 0 Å². The third kappa shape index (κ3) is 5.52. The van der Waals surface area contributed by atoms with Crippen molar-refractivity contribution in [2.45, 2.75) is 64.9 Å². The molecule has 134 valence electrons. The number of carbonyl (C=O) groups is 1. The summed E-state index contributed by atoms with van der Waals surface area (Å²) in [7, 11) is 0. The number of hydrogen-bond donors (Lipinski definition) is 0. The standard InChI is InChI=1S/C20H31NO3/c1-15(2)17-10-9-16(3)14-19(17)24-18(20(22)23)8-7-13-21-11-5-4-6-12-21/h9-10,14-15,18H,4-8,11-13H2,1-3H3,(H,22,23)/p-1. The number of aliphatic carboxylic acids is 1. The smallest absolute Gasteiger partial charge is 0.138 e. The van der Waals surface area contributed by atoms with Crippen molar-refractivity contribution in [3.8, 4) is 5.75 Å². The first-order chi connectivity index (χ1) is 11.5. The van der Waals surface area contributed by atoms with E-state index in [0.29, 0.717) is 12.2 Å². The quantitative estimate of drug-likeness (QED) is 0.734. The highest BCUT2D eigenvalue weighted by atomic mass is 16.5. The van der Waals surface area contributed by atoms with Crippen LogP contribution in [0.25, 0.3) is 0 Å². The number of benzene rings is 1. The van der Waals surface area contributed by atoms with E-state index in [0.717, 1.165) is 37.2 Å². The minimum atomic E-state index is -1.12. The van der Waals surface area contributed by atoms with E-state index in [4.69, 9.17) is 4.74 Å². The zero-order valence-corrected chi connectivity index (χ0v) is 15.2. The lowest BCUT2D eigenvalue weighted by Gasteiger charge is -2.28. The van der Waals surface area contributed by atoms with Crippen molar-refractivity contribution < 1.29 is 14.6 Å². The van der Waals surface area contributed by atoms with E-state index < -0.39 is 12.1 Å². The maximum atomic E-state index is 11.5. The molecule has 1 aromatic rings. The van der Waals surface area contributed by atoms with E-state index in [-0.39, 0.29) is 5.92 Å². The normalized spacial score (nSPS) is 17.0.